The number of benzene rings is 1. The molecule has 0 unspecified atom stereocenters. The van der Waals surface area contributed by atoms with Crippen LogP contribution >= 0.6 is 11.6 Å². The van der Waals surface area contributed by atoms with Crippen LogP contribution in [0.2, 0.25) is 5.02 Å². The molecule has 2 rings (SSSR count). The maximum atomic E-state index is 11.9. The molecule has 4 nitrogen and oxygen atoms in total. The van der Waals surface area contributed by atoms with E-state index >= 15 is 0 Å². The molecule has 0 bridgehead atoms. The van der Waals surface area contributed by atoms with E-state index in [1.165, 1.54) is 12.1 Å². The van der Waals surface area contributed by atoms with Crippen molar-refractivity contribution in [2.24, 2.45) is 0 Å². The second-order valence-corrected chi connectivity index (χ2v) is 4.22. The van der Waals surface area contributed by atoms with Crippen molar-refractivity contribution in [2.45, 2.75) is 6.92 Å². The fourth-order valence-corrected chi connectivity index (χ4v) is 1.65. The van der Waals surface area contributed by atoms with Crippen molar-refractivity contribution in [3.05, 3.63) is 52.7 Å². The summed E-state index contributed by atoms with van der Waals surface area (Å²) in [5, 5.41) is 12.7. The van der Waals surface area contributed by atoms with E-state index in [2.05, 4.69) is 10.3 Å². The van der Waals surface area contributed by atoms with Crippen LogP contribution in [-0.2, 0) is 0 Å². The Hall–Kier alpha value is -2.07. The minimum absolute atomic E-state index is 0.157. The predicted molar refractivity (Wildman–Crippen MR) is 70.0 cm³/mol. The molecular weight excluding hydrogens is 252 g/mol. The summed E-state index contributed by atoms with van der Waals surface area (Å²) in [7, 11) is 0. The molecule has 0 saturated carbocycles. The minimum atomic E-state index is -0.425. The van der Waals surface area contributed by atoms with Gasteiger partial charge in [0, 0.05) is 11.2 Å². The summed E-state index contributed by atoms with van der Waals surface area (Å²) in [5.41, 5.74) is 1.00. The predicted octanol–water partition coefficient (Wildman–Crippen LogP) is 3.00. The molecule has 0 radical (unpaired) electrons. The lowest BCUT2D eigenvalue weighted by molar-refractivity contribution is 0.102. The number of anilines is 1. The van der Waals surface area contributed by atoms with Gasteiger partial charge in [0.2, 0.25) is 0 Å². The van der Waals surface area contributed by atoms with E-state index in [-0.39, 0.29) is 11.3 Å². The third kappa shape index (κ3) is 2.60. The average molecular weight is 263 g/mol. The number of hydrogen-bond acceptors (Lipinski definition) is 3. The van der Waals surface area contributed by atoms with Gasteiger partial charge in [0.05, 0.1) is 5.56 Å². The lowest BCUT2D eigenvalue weighted by atomic mass is 10.2. The zero-order valence-corrected chi connectivity index (χ0v) is 10.4. The largest absolute Gasteiger partial charge is 0.507 e. The van der Waals surface area contributed by atoms with E-state index < -0.39 is 5.91 Å². The Labute approximate surface area is 109 Å². The highest BCUT2D eigenvalue weighted by Crippen LogP contribution is 2.23. The Morgan fingerprint density at radius 2 is 2.17 bits per heavy atom. The van der Waals surface area contributed by atoms with Gasteiger partial charge in [0.1, 0.15) is 11.6 Å². The van der Waals surface area contributed by atoms with Gasteiger partial charge in [0.25, 0.3) is 5.91 Å². The van der Waals surface area contributed by atoms with Crippen LogP contribution < -0.4 is 5.32 Å². The van der Waals surface area contributed by atoms with Crippen molar-refractivity contribution in [3.63, 3.8) is 0 Å². The lowest BCUT2D eigenvalue weighted by Crippen LogP contribution is -2.13. The highest BCUT2D eigenvalue weighted by molar-refractivity contribution is 6.30. The number of halogens is 1. The Kier molecular flexibility index (Phi) is 3.48. The van der Waals surface area contributed by atoms with Crippen LogP contribution in [0, 0.1) is 6.92 Å². The number of aryl methyl sites for hydroxylation is 1. The number of nitrogens with zero attached hydrogens (tertiary/aromatic N) is 1. The number of amides is 1. The quantitative estimate of drug-likeness (QED) is 0.875. The number of pyridine rings is 1. The lowest BCUT2D eigenvalue weighted by Gasteiger charge is -2.08. The van der Waals surface area contributed by atoms with E-state index in [1.807, 2.05) is 13.0 Å². The van der Waals surface area contributed by atoms with Gasteiger partial charge in [-0.1, -0.05) is 17.7 Å². The van der Waals surface area contributed by atoms with Crippen LogP contribution in [-0.4, -0.2) is 16.0 Å². The first-order chi connectivity index (χ1) is 8.58. The molecule has 0 aliphatic heterocycles. The first-order valence-electron chi connectivity index (χ1n) is 5.29. The summed E-state index contributed by atoms with van der Waals surface area (Å²) in [4.78, 5) is 16.0. The number of phenolic OH excluding ortho intramolecular Hbond substituents is 1. The van der Waals surface area contributed by atoms with E-state index in [0.29, 0.717) is 10.8 Å². The third-order valence-corrected chi connectivity index (χ3v) is 2.68. The normalized spacial score (nSPS) is 10.1. The molecule has 0 saturated heterocycles. The highest BCUT2D eigenvalue weighted by Gasteiger charge is 2.12. The summed E-state index contributed by atoms with van der Waals surface area (Å²) in [5.74, 6) is -0.114. The van der Waals surface area contributed by atoms with Gasteiger partial charge in [0.15, 0.2) is 0 Å². The SMILES string of the molecule is Cc1cccnc1NC(=O)c1ccc(Cl)cc1O. The van der Waals surface area contributed by atoms with Crippen molar-refractivity contribution in [2.75, 3.05) is 5.32 Å². The second kappa shape index (κ2) is 5.06. The fraction of sp³-hybridized carbons (Fsp3) is 0.0769. The molecule has 92 valence electrons. The van der Waals surface area contributed by atoms with Gasteiger partial charge < -0.3 is 10.4 Å². The first-order valence-corrected chi connectivity index (χ1v) is 5.67. The van der Waals surface area contributed by atoms with E-state index in [0.717, 1.165) is 5.56 Å². The standard InChI is InChI=1S/C13H11ClN2O2/c1-8-3-2-6-15-12(8)16-13(18)10-5-4-9(14)7-11(10)17/h2-7,17H,1H3,(H,15,16,18). The topological polar surface area (TPSA) is 62.2 Å². The van der Waals surface area contributed by atoms with Crippen LogP contribution in [0.4, 0.5) is 5.82 Å². The van der Waals surface area contributed by atoms with Gasteiger partial charge >= 0.3 is 0 Å². The molecule has 0 spiro atoms. The summed E-state index contributed by atoms with van der Waals surface area (Å²) in [6.45, 7) is 1.84. The van der Waals surface area contributed by atoms with Crippen LogP contribution in [0.25, 0.3) is 0 Å². The molecule has 2 N–H and O–H groups in total. The van der Waals surface area contributed by atoms with Crippen LogP contribution in [0.1, 0.15) is 15.9 Å². The van der Waals surface area contributed by atoms with E-state index in [9.17, 15) is 9.90 Å². The maximum Gasteiger partial charge on any atom is 0.260 e. The van der Waals surface area contributed by atoms with Crippen LogP contribution in [0.5, 0.6) is 5.75 Å². The van der Waals surface area contributed by atoms with Crippen molar-refractivity contribution in [1.29, 1.82) is 0 Å². The van der Waals surface area contributed by atoms with E-state index in [1.54, 1.807) is 18.3 Å². The number of carbonyl (C=O) groups is 1. The van der Waals surface area contributed by atoms with Gasteiger partial charge in [-0.25, -0.2) is 4.98 Å². The molecule has 1 heterocycles. The molecule has 0 aliphatic carbocycles. The second-order valence-electron chi connectivity index (χ2n) is 3.78. The summed E-state index contributed by atoms with van der Waals surface area (Å²) < 4.78 is 0. The van der Waals surface area contributed by atoms with Gasteiger partial charge in [-0.2, -0.15) is 0 Å². The number of nitrogens with one attached hydrogen (secondary N) is 1. The zero-order chi connectivity index (χ0) is 13.1. The van der Waals surface area contributed by atoms with Gasteiger partial charge in [-0.3, -0.25) is 4.79 Å². The van der Waals surface area contributed by atoms with Gasteiger partial charge in [-0.05, 0) is 36.8 Å². The molecule has 0 atom stereocenters. The average Bonchev–Trinajstić information content (AvgIpc) is 2.32. The number of aromatic hydroxyl groups is 1. The summed E-state index contributed by atoms with van der Waals surface area (Å²) in [6, 6.07) is 7.95. The molecule has 5 heteroatoms. The highest BCUT2D eigenvalue weighted by atomic mass is 35.5. The summed E-state index contributed by atoms with van der Waals surface area (Å²) in [6.07, 6.45) is 1.59. The zero-order valence-electron chi connectivity index (χ0n) is 9.64. The molecule has 18 heavy (non-hydrogen) atoms. The molecule has 1 amide bonds. The van der Waals surface area contributed by atoms with Crippen LogP contribution in [0.3, 0.4) is 0 Å². The molecule has 1 aromatic heterocycles. The number of rotatable bonds is 2. The van der Waals surface area contributed by atoms with Crippen molar-refractivity contribution >= 4 is 23.3 Å². The Balaban J connectivity index is 2.25. The van der Waals surface area contributed by atoms with Crippen molar-refractivity contribution in [1.82, 2.24) is 4.98 Å². The molecule has 2 aromatic rings. The molecule has 0 fully saturated rings. The number of phenols is 1. The van der Waals surface area contributed by atoms with Crippen molar-refractivity contribution in [3.8, 4) is 5.75 Å². The molecule has 1 aromatic carbocycles. The minimum Gasteiger partial charge on any atom is -0.507 e. The maximum absolute atomic E-state index is 11.9. The Morgan fingerprint density at radius 3 is 2.83 bits per heavy atom. The van der Waals surface area contributed by atoms with Gasteiger partial charge in [-0.15, -0.1) is 0 Å². The number of aromatic nitrogens is 1. The first kappa shape index (κ1) is 12.4. The number of carbonyl (C=O) groups excluding carboxylic acids is 1. The number of hydrogen-bond donors (Lipinski definition) is 2. The fourth-order valence-electron chi connectivity index (χ4n) is 1.49. The summed E-state index contributed by atoms with van der Waals surface area (Å²) >= 11 is 5.70. The monoisotopic (exact) mass is 262 g/mol. The van der Waals surface area contributed by atoms with Crippen molar-refractivity contribution < 1.29 is 9.90 Å². The van der Waals surface area contributed by atoms with E-state index in [4.69, 9.17) is 11.6 Å². The third-order valence-electron chi connectivity index (χ3n) is 2.45. The smallest absolute Gasteiger partial charge is 0.260 e. The Bertz CT molecular complexity index is 599. The molecule has 0 aliphatic rings. The molecular formula is C13H11ClN2O2. The Morgan fingerprint density at radius 1 is 1.39 bits per heavy atom. The van der Waals surface area contributed by atoms with Crippen LogP contribution in [0.15, 0.2) is 36.5 Å².